The number of amidine groups is 1. The molecule has 1 heterocycles. The van der Waals surface area contributed by atoms with Gasteiger partial charge in [-0.3, -0.25) is 4.79 Å². The zero-order valence-electron chi connectivity index (χ0n) is 10.00. The summed E-state index contributed by atoms with van der Waals surface area (Å²) in [6.07, 6.45) is 7.45. The highest BCUT2D eigenvalue weighted by molar-refractivity contribution is 6.24. The number of allylic oxidation sites excluding steroid dienone is 3. The van der Waals surface area contributed by atoms with Crippen LogP contribution in [-0.4, -0.2) is 17.5 Å². The lowest BCUT2D eigenvalue weighted by molar-refractivity contribution is -0.118. The molecule has 0 radical (unpaired) electrons. The van der Waals surface area contributed by atoms with Gasteiger partial charge in [0.15, 0.2) is 5.84 Å². The summed E-state index contributed by atoms with van der Waals surface area (Å²) < 4.78 is 0. The zero-order valence-corrected chi connectivity index (χ0v) is 10.00. The van der Waals surface area contributed by atoms with Crippen molar-refractivity contribution in [2.45, 2.75) is 6.92 Å². The van der Waals surface area contributed by atoms with Crippen LogP contribution in [0.25, 0.3) is 0 Å². The van der Waals surface area contributed by atoms with Crippen LogP contribution in [-0.2, 0) is 4.79 Å². The molecule has 3 rings (SSSR count). The van der Waals surface area contributed by atoms with Crippen LogP contribution in [0.15, 0.2) is 58.6 Å². The number of fused-ring (bicyclic) bond motifs is 1. The summed E-state index contributed by atoms with van der Waals surface area (Å²) in [6.45, 7) is 2.01. The second-order valence-corrected chi connectivity index (χ2v) is 4.40. The van der Waals surface area contributed by atoms with E-state index in [1.807, 2.05) is 55.5 Å². The molecule has 0 bridgehead atoms. The van der Waals surface area contributed by atoms with Gasteiger partial charge in [0.1, 0.15) is 5.92 Å². The molecular formula is C15H12N2O. The van der Waals surface area contributed by atoms with Crippen LogP contribution in [0.1, 0.15) is 11.1 Å². The van der Waals surface area contributed by atoms with Crippen molar-refractivity contribution >= 4 is 17.5 Å². The van der Waals surface area contributed by atoms with E-state index >= 15 is 0 Å². The van der Waals surface area contributed by atoms with E-state index in [2.05, 4.69) is 9.98 Å². The van der Waals surface area contributed by atoms with Crippen molar-refractivity contribution in [3.05, 3.63) is 59.7 Å². The molecule has 0 fully saturated rings. The van der Waals surface area contributed by atoms with Crippen LogP contribution in [0.4, 0.5) is 0 Å². The predicted octanol–water partition coefficient (Wildman–Crippen LogP) is 2.47. The van der Waals surface area contributed by atoms with Crippen LogP contribution >= 0.6 is 0 Å². The van der Waals surface area contributed by atoms with Crippen LogP contribution < -0.4 is 0 Å². The van der Waals surface area contributed by atoms with Crippen molar-refractivity contribution in [3.8, 4) is 0 Å². The lowest BCUT2D eigenvalue weighted by Crippen LogP contribution is -2.27. The largest absolute Gasteiger partial charge is 0.271 e. The fourth-order valence-electron chi connectivity index (χ4n) is 2.08. The molecule has 1 amide bonds. The average molecular weight is 236 g/mol. The maximum absolute atomic E-state index is 11.9. The van der Waals surface area contributed by atoms with Gasteiger partial charge in [0.2, 0.25) is 0 Å². The summed E-state index contributed by atoms with van der Waals surface area (Å²) in [5.41, 5.74) is 2.79. The normalized spacial score (nSPS) is 21.4. The molecule has 1 atom stereocenters. The summed E-state index contributed by atoms with van der Waals surface area (Å²) >= 11 is 0. The van der Waals surface area contributed by atoms with Gasteiger partial charge in [0.25, 0.3) is 5.91 Å². The second-order valence-electron chi connectivity index (χ2n) is 4.40. The molecule has 1 unspecified atom stereocenters. The van der Waals surface area contributed by atoms with Gasteiger partial charge < -0.3 is 0 Å². The lowest BCUT2D eigenvalue weighted by Gasteiger charge is -2.17. The fraction of sp³-hybridized carbons (Fsp3) is 0.133. The molecule has 1 aromatic rings. The van der Waals surface area contributed by atoms with E-state index in [1.54, 1.807) is 0 Å². The highest BCUT2D eigenvalue weighted by atomic mass is 16.1. The third-order valence-electron chi connectivity index (χ3n) is 2.99. The maximum Gasteiger partial charge on any atom is 0.260 e. The van der Waals surface area contributed by atoms with Gasteiger partial charge in [-0.1, -0.05) is 42.0 Å². The number of benzene rings is 1. The summed E-state index contributed by atoms with van der Waals surface area (Å²) in [7, 11) is 0. The molecular weight excluding hydrogens is 224 g/mol. The highest BCUT2D eigenvalue weighted by Crippen LogP contribution is 2.19. The SMILES string of the molecule is Cc1cccc(C2=NC(=O)C3C=CC=CC3=N2)c1. The van der Waals surface area contributed by atoms with Gasteiger partial charge >= 0.3 is 0 Å². The number of carbonyl (C=O) groups excluding carboxylic acids is 1. The Labute approximate surface area is 105 Å². The van der Waals surface area contributed by atoms with E-state index in [4.69, 9.17) is 0 Å². The molecule has 0 saturated heterocycles. The maximum atomic E-state index is 11.9. The number of aryl methyl sites for hydroxylation is 1. The van der Waals surface area contributed by atoms with E-state index in [1.165, 1.54) is 0 Å². The Kier molecular flexibility index (Phi) is 2.52. The van der Waals surface area contributed by atoms with Gasteiger partial charge in [-0.25, -0.2) is 4.99 Å². The standard InChI is InChI=1S/C15H12N2O/c1-10-5-4-6-11(9-10)14-16-13-8-3-2-7-12(13)15(18)17-14/h2-9,12H,1H3. The third kappa shape index (κ3) is 1.84. The smallest absolute Gasteiger partial charge is 0.260 e. The molecule has 0 spiro atoms. The first-order chi connectivity index (χ1) is 8.74. The molecule has 0 saturated carbocycles. The van der Waals surface area contributed by atoms with E-state index < -0.39 is 0 Å². The average Bonchev–Trinajstić information content (AvgIpc) is 2.39. The molecule has 3 nitrogen and oxygen atoms in total. The number of nitrogens with zero attached hydrogens (tertiary/aromatic N) is 2. The number of rotatable bonds is 1. The Bertz CT molecular complexity index is 636. The minimum absolute atomic E-state index is 0.142. The molecule has 1 aliphatic carbocycles. The van der Waals surface area contributed by atoms with Gasteiger partial charge in [-0.2, -0.15) is 4.99 Å². The Balaban J connectivity index is 2.05. The van der Waals surface area contributed by atoms with Gasteiger partial charge in [-0.05, 0) is 19.1 Å². The van der Waals surface area contributed by atoms with Crippen molar-refractivity contribution in [2.75, 3.05) is 0 Å². The van der Waals surface area contributed by atoms with Crippen LogP contribution in [0.2, 0.25) is 0 Å². The molecule has 0 aromatic heterocycles. The van der Waals surface area contributed by atoms with Crippen molar-refractivity contribution in [3.63, 3.8) is 0 Å². The predicted molar refractivity (Wildman–Crippen MR) is 71.9 cm³/mol. The molecule has 88 valence electrons. The number of aliphatic imine (C=N–C) groups is 2. The number of hydrogen-bond donors (Lipinski definition) is 0. The Morgan fingerprint density at radius 1 is 1.17 bits per heavy atom. The minimum atomic E-state index is -0.302. The van der Waals surface area contributed by atoms with Crippen LogP contribution in [0.3, 0.4) is 0 Å². The first-order valence-electron chi connectivity index (χ1n) is 5.87. The molecule has 1 aliphatic heterocycles. The van der Waals surface area contributed by atoms with Crippen molar-refractivity contribution < 1.29 is 4.79 Å². The van der Waals surface area contributed by atoms with Crippen molar-refractivity contribution in [2.24, 2.45) is 15.9 Å². The Morgan fingerprint density at radius 2 is 2.06 bits per heavy atom. The van der Waals surface area contributed by atoms with Crippen molar-refractivity contribution in [1.82, 2.24) is 0 Å². The summed E-state index contributed by atoms with van der Waals surface area (Å²) in [6, 6.07) is 7.86. The van der Waals surface area contributed by atoms with E-state index in [9.17, 15) is 4.79 Å². The molecule has 2 aliphatic rings. The van der Waals surface area contributed by atoms with E-state index in [0.29, 0.717) is 5.84 Å². The van der Waals surface area contributed by atoms with Crippen LogP contribution in [0, 0.1) is 12.8 Å². The summed E-state index contributed by atoms with van der Waals surface area (Å²) in [4.78, 5) is 20.5. The fourth-order valence-corrected chi connectivity index (χ4v) is 2.08. The first kappa shape index (κ1) is 10.8. The zero-order chi connectivity index (χ0) is 12.5. The third-order valence-corrected chi connectivity index (χ3v) is 2.99. The topological polar surface area (TPSA) is 41.8 Å². The number of amides is 1. The monoisotopic (exact) mass is 236 g/mol. The minimum Gasteiger partial charge on any atom is -0.271 e. The Morgan fingerprint density at radius 3 is 2.89 bits per heavy atom. The quantitative estimate of drug-likeness (QED) is 0.738. The summed E-state index contributed by atoms with van der Waals surface area (Å²) in [5, 5.41) is 0. The van der Waals surface area contributed by atoms with Gasteiger partial charge in [0.05, 0.1) is 5.71 Å². The Hall–Kier alpha value is -2.29. The molecule has 3 heteroatoms. The molecule has 18 heavy (non-hydrogen) atoms. The lowest BCUT2D eigenvalue weighted by atomic mass is 9.96. The van der Waals surface area contributed by atoms with E-state index in [0.717, 1.165) is 16.8 Å². The van der Waals surface area contributed by atoms with E-state index in [-0.39, 0.29) is 11.8 Å². The van der Waals surface area contributed by atoms with Crippen molar-refractivity contribution in [1.29, 1.82) is 0 Å². The first-order valence-corrected chi connectivity index (χ1v) is 5.87. The molecule has 1 aromatic carbocycles. The van der Waals surface area contributed by atoms with Gasteiger partial charge in [0, 0.05) is 5.56 Å². The second kappa shape index (κ2) is 4.18. The van der Waals surface area contributed by atoms with Gasteiger partial charge in [-0.15, -0.1) is 0 Å². The molecule has 0 N–H and O–H groups in total. The number of hydrogen-bond acceptors (Lipinski definition) is 2. The number of carbonyl (C=O) groups is 1. The summed E-state index contributed by atoms with van der Waals surface area (Å²) in [5.74, 6) is 0.0653. The van der Waals surface area contributed by atoms with Crippen LogP contribution in [0.5, 0.6) is 0 Å². The highest BCUT2D eigenvalue weighted by Gasteiger charge is 2.26.